The van der Waals surface area contributed by atoms with Gasteiger partial charge in [0.05, 0.1) is 6.61 Å². The Balaban J connectivity index is 2.06. The average molecular weight is 360 g/mol. The van der Waals surface area contributed by atoms with Gasteiger partial charge in [-0.3, -0.25) is 4.90 Å². The van der Waals surface area contributed by atoms with Crippen LogP contribution in [0.1, 0.15) is 18.0 Å². The minimum atomic E-state index is 0.349. The van der Waals surface area contributed by atoms with Gasteiger partial charge in [-0.2, -0.15) is 0 Å². The SMILES string of the molecule is COCC1CCN(C(CN)c2cccc(I)c2)C1. The van der Waals surface area contributed by atoms with E-state index in [1.54, 1.807) is 7.11 Å². The molecule has 0 aromatic heterocycles. The van der Waals surface area contributed by atoms with Crippen molar-refractivity contribution < 1.29 is 4.74 Å². The smallest absolute Gasteiger partial charge is 0.0503 e. The molecule has 3 nitrogen and oxygen atoms in total. The maximum atomic E-state index is 5.98. The molecule has 0 saturated carbocycles. The molecule has 0 radical (unpaired) electrons. The predicted molar refractivity (Wildman–Crippen MR) is 82.5 cm³/mol. The van der Waals surface area contributed by atoms with Crippen molar-refractivity contribution >= 4 is 22.6 Å². The van der Waals surface area contributed by atoms with Crippen molar-refractivity contribution in [3.63, 3.8) is 0 Å². The molecule has 0 aliphatic carbocycles. The number of benzene rings is 1. The van der Waals surface area contributed by atoms with Crippen molar-refractivity contribution in [3.8, 4) is 0 Å². The highest BCUT2D eigenvalue weighted by molar-refractivity contribution is 14.1. The van der Waals surface area contributed by atoms with Gasteiger partial charge < -0.3 is 10.5 Å². The van der Waals surface area contributed by atoms with E-state index >= 15 is 0 Å². The van der Waals surface area contributed by atoms with E-state index in [1.807, 2.05) is 0 Å². The van der Waals surface area contributed by atoms with Crippen LogP contribution in [0.2, 0.25) is 0 Å². The van der Waals surface area contributed by atoms with E-state index in [9.17, 15) is 0 Å². The lowest BCUT2D eigenvalue weighted by atomic mass is 10.1. The number of rotatable bonds is 5. The summed E-state index contributed by atoms with van der Waals surface area (Å²) < 4.78 is 6.53. The summed E-state index contributed by atoms with van der Waals surface area (Å²) in [5, 5.41) is 0. The first-order valence-electron chi connectivity index (χ1n) is 6.43. The first-order valence-corrected chi connectivity index (χ1v) is 7.51. The Morgan fingerprint density at radius 2 is 2.39 bits per heavy atom. The maximum absolute atomic E-state index is 5.98. The molecule has 2 N–H and O–H groups in total. The highest BCUT2D eigenvalue weighted by Gasteiger charge is 2.28. The third-order valence-electron chi connectivity index (χ3n) is 3.62. The molecule has 1 aromatic carbocycles. The molecule has 0 bridgehead atoms. The molecule has 1 aromatic rings. The van der Waals surface area contributed by atoms with E-state index in [4.69, 9.17) is 10.5 Å². The summed E-state index contributed by atoms with van der Waals surface area (Å²) in [6, 6.07) is 9.00. The molecule has 1 aliphatic heterocycles. The number of likely N-dealkylation sites (tertiary alicyclic amines) is 1. The average Bonchev–Trinajstić information content (AvgIpc) is 2.79. The third kappa shape index (κ3) is 3.44. The van der Waals surface area contributed by atoms with Crippen molar-refractivity contribution in [2.45, 2.75) is 12.5 Å². The lowest BCUT2D eigenvalue weighted by Crippen LogP contribution is -2.32. The fourth-order valence-electron chi connectivity index (χ4n) is 2.73. The second-order valence-corrected chi connectivity index (χ2v) is 6.16. The zero-order valence-electron chi connectivity index (χ0n) is 10.8. The predicted octanol–water partition coefficient (Wildman–Crippen LogP) is 2.26. The number of nitrogens with two attached hydrogens (primary N) is 1. The van der Waals surface area contributed by atoms with Gasteiger partial charge >= 0.3 is 0 Å². The second-order valence-electron chi connectivity index (χ2n) is 4.91. The highest BCUT2D eigenvalue weighted by Crippen LogP contribution is 2.27. The number of halogens is 1. The summed E-state index contributed by atoms with van der Waals surface area (Å²) in [6.45, 7) is 3.77. The van der Waals surface area contributed by atoms with Gasteiger partial charge in [-0.15, -0.1) is 0 Å². The largest absolute Gasteiger partial charge is 0.384 e. The Kier molecular flexibility index (Phi) is 5.41. The van der Waals surface area contributed by atoms with Crippen LogP contribution in [0.5, 0.6) is 0 Å². The molecular formula is C14H21IN2O. The van der Waals surface area contributed by atoms with E-state index in [-0.39, 0.29) is 0 Å². The van der Waals surface area contributed by atoms with Gasteiger partial charge in [-0.25, -0.2) is 0 Å². The molecule has 4 heteroatoms. The van der Waals surface area contributed by atoms with Crippen molar-refractivity contribution in [2.24, 2.45) is 11.7 Å². The van der Waals surface area contributed by atoms with Gasteiger partial charge in [0, 0.05) is 29.8 Å². The lowest BCUT2D eigenvalue weighted by molar-refractivity contribution is 0.147. The molecule has 18 heavy (non-hydrogen) atoms. The standard InChI is InChI=1S/C14H21IN2O/c1-18-10-11-5-6-17(9-11)14(8-16)12-3-2-4-13(15)7-12/h2-4,7,11,14H,5-6,8-10,16H2,1H3. The Morgan fingerprint density at radius 3 is 3.06 bits per heavy atom. The van der Waals surface area contributed by atoms with Gasteiger partial charge in [0.1, 0.15) is 0 Å². The molecule has 1 aliphatic rings. The Hall–Kier alpha value is -0.170. The van der Waals surface area contributed by atoms with E-state index in [0.717, 1.165) is 19.7 Å². The molecule has 0 spiro atoms. The van der Waals surface area contributed by atoms with Gasteiger partial charge in [-0.1, -0.05) is 12.1 Å². The molecular weight excluding hydrogens is 339 g/mol. The van der Waals surface area contributed by atoms with Crippen LogP contribution in [0, 0.1) is 9.49 Å². The topological polar surface area (TPSA) is 38.5 Å². The van der Waals surface area contributed by atoms with Gasteiger partial charge in [-0.05, 0) is 59.2 Å². The number of nitrogens with zero attached hydrogens (tertiary/aromatic N) is 1. The molecule has 2 unspecified atom stereocenters. The number of ether oxygens (including phenoxy) is 1. The summed E-state index contributed by atoms with van der Waals surface area (Å²) in [7, 11) is 1.78. The van der Waals surface area contributed by atoms with E-state index in [2.05, 4.69) is 51.8 Å². The number of hydrogen-bond donors (Lipinski definition) is 1. The Bertz CT molecular complexity index is 386. The molecule has 1 saturated heterocycles. The molecule has 2 rings (SSSR count). The zero-order valence-corrected chi connectivity index (χ0v) is 13.0. The summed E-state index contributed by atoms with van der Waals surface area (Å²) in [4.78, 5) is 2.50. The summed E-state index contributed by atoms with van der Waals surface area (Å²) in [5.74, 6) is 0.659. The Morgan fingerprint density at radius 1 is 1.56 bits per heavy atom. The molecule has 100 valence electrons. The fraction of sp³-hybridized carbons (Fsp3) is 0.571. The van der Waals surface area contributed by atoms with Crippen molar-refractivity contribution in [2.75, 3.05) is 33.4 Å². The van der Waals surface area contributed by atoms with Crippen LogP contribution in [-0.4, -0.2) is 38.3 Å². The van der Waals surface area contributed by atoms with Gasteiger partial charge in [0.2, 0.25) is 0 Å². The summed E-state index contributed by atoms with van der Waals surface area (Å²) in [5.41, 5.74) is 7.31. The summed E-state index contributed by atoms with van der Waals surface area (Å²) in [6.07, 6.45) is 1.22. The maximum Gasteiger partial charge on any atom is 0.0503 e. The van der Waals surface area contributed by atoms with Crippen molar-refractivity contribution in [1.82, 2.24) is 4.90 Å². The third-order valence-corrected chi connectivity index (χ3v) is 4.29. The first kappa shape index (κ1) is 14.2. The Labute approximate surface area is 123 Å². The van der Waals surface area contributed by atoms with Gasteiger partial charge in [0.15, 0.2) is 0 Å². The first-order chi connectivity index (χ1) is 8.74. The number of hydrogen-bond acceptors (Lipinski definition) is 3. The van der Waals surface area contributed by atoms with Gasteiger partial charge in [0.25, 0.3) is 0 Å². The van der Waals surface area contributed by atoms with E-state index in [0.29, 0.717) is 18.5 Å². The monoisotopic (exact) mass is 360 g/mol. The minimum absolute atomic E-state index is 0.349. The summed E-state index contributed by atoms with van der Waals surface area (Å²) >= 11 is 2.36. The van der Waals surface area contributed by atoms with E-state index < -0.39 is 0 Å². The second kappa shape index (κ2) is 6.84. The lowest BCUT2D eigenvalue weighted by Gasteiger charge is -2.27. The van der Waals surface area contributed by atoms with Crippen LogP contribution in [0.15, 0.2) is 24.3 Å². The van der Waals surface area contributed by atoms with Crippen molar-refractivity contribution in [1.29, 1.82) is 0 Å². The van der Waals surface area contributed by atoms with E-state index in [1.165, 1.54) is 15.6 Å². The quantitative estimate of drug-likeness (QED) is 0.819. The van der Waals surface area contributed by atoms with Crippen molar-refractivity contribution in [3.05, 3.63) is 33.4 Å². The van der Waals surface area contributed by atoms with Crippen LogP contribution in [0.25, 0.3) is 0 Å². The van der Waals surface area contributed by atoms with Crippen LogP contribution in [0.4, 0.5) is 0 Å². The molecule has 1 heterocycles. The molecule has 0 amide bonds. The van der Waals surface area contributed by atoms with Crippen LogP contribution in [0.3, 0.4) is 0 Å². The van der Waals surface area contributed by atoms with Crippen LogP contribution >= 0.6 is 22.6 Å². The van der Waals surface area contributed by atoms with Crippen LogP contribution < -0.4 is 5.73 Å². The normalized spacial score (nSPS) is 22.3. The molecule has 1 fully saturated rings. The highest BCUT2D eigenvalue weighted by atomic mass is 127. The van der Waals surface area contributed by atoms with Crippen LogP contribution in [-0.2, 0) is 4.74 Å². The zero-order chi connectivity index (χ0) is 13.0. The fourth-order valence-corrected chi connectivity index (χ4v) is 3.29. The molecule has 2 atom stereocenters. The minimum Gasteiger partial charge on any atom is -0.384 e. The number of methoxy groups -OCH3 is 1.